The summed E-state index contributed by atoms with van der Waals surface area (Å²) in [5.41, 5.74) is 3.39. The molecule has 0 radical (unpaired) electrons. The van der Waals surface area contributed by atoms with E-state index in [1.54, 1.807) is 22.3 Å². The minimum absolute atomic E-state index is 0.0270. The Morgan fingerprint density at radius 1 is 1.09 bits per heavy atom. The molecule has 0 unspecified atom stereocenters. The van der Waals surface area contributed by atoms with Crippen molar-refractivity contribution in [1.29, 1.82) is 0 Å². The van der Waals surface area contributed by atoms with Crippen molar-refractivity contribution in [3.05, 3.63) is 63.5 Å². The number of carbonyl (C=O) groups excluding carboxylic acids is 1. The van der Waals surface area contributed by atoms with Crippen molar-refractivity contribution in [3.63, 3.8) is 0 Å². The first kappa shape index (κ1) is 25.3. The first-order chi connectivity index (χ1) is 16.4. The molecule has 1 N–H and O–H groups in total. The predicted octanol–water partition coefficient (Wildman–Crippen LogP) is 6.66. The molecule has 4 rings (SSSR count). The molecular weight excluding hydrogens is 461 g/mol. The Morgan fingerprint density at radius 3 is 2.23 bits per heavy atom. The molecule has 0 spiro atoms. The van der Waals surface area contributed by atoms with E-state index >= 15 is 0 Å². The van der Waals surface area contributed by atoms with Crippen LogP contribution in [-0.4, -0.2) is 39.0 Å². The molecule has 1 saturated heterocycles. The fraction of sp³-hybridized carbons (Fsp3) is 0.464. The van der Waals surface area contributed by atoms with E-state index in [1.165, 1.54) is 12.3 Å². The van der Waals surface area contributed by atoms with Gasteiger partial charge in [-0.15, -0.1) is 11.3 Å². The maximum Gasteiger partial charge on any atom is 0.258 e. The number of pyridine rings is 1. The van der Waals surface area contributed by atoms with Gasteiger partial charge in [-0.05, 0) is 47.9 Å². The minimum atomic E-state index is -0.720. The van der Waals surface area contributed by atoms with Crippen LogP contribution in [0.25, 0.3) is 11.3 Å². The third-order valence-corrected chi connectivity index (χ3v) is 7.67. The number of aromatic nitrogens is 2. The molecule has 1 aliphatic rings. The van der Waals surface area contributed by atoms with Gasteiger partial charge in [0.15, 0.2) is 0 Å². The highest BCUT2D eigenvalue weighted by Crippen LogP contribution is 2.42. The van der Waals surface area contributed by atoms with Gasteiger partial charge in [-0.25, -0.2) is 9.97 Å². The first-order valence-corrected chi connectivity index (χ1v) is 13.0. The molecule has 35 heavy (non-hydrogen) atoms. The number of hydrogen-bond acceptors (Lipinski definition) is 5. The van der Waals surface area contributed by atoms with E-state index in [1.807, 2.05) is 0 Å². The number of rotatable bonds is 3. The molecule has 5 nitrogen and oxygen atoms in total. The van der Waals surface area contributed by atoms with Crippen LogP contribution in [0.1, 0.15) is 86.8 Å². The molecule has 1 fully saturated rings. The van der Waals surface area contributed by atoms with Gasteiger partial charge in [0, 0.05) is 47.3 Å². The summed E-state index contributed by atoms with van der Waals surface area (Å²) in [4.78, 5) is 23.0. The number of carbonyl (C=O) groups is 1. The lowest BCUT2D eigenvalue weighted by molar-refractivity contribution is 0.0707. The Bertz CT molecular complexity index is 1200. The van der Waals surface area contributed by atoms with E-state index in [0.29, 0.717) is 18.8 Å². The summed E-state index contributed by atoms with van der Waals surface area (Å²) in [6.07, 6.45) is 2.93. The molecule has 186 valence electrons. The monoisotopic (exact) mass is 495 g/mol. The van der Waals surface area contributed by atoms with Crippen LogP contribution in [0.3, 0.4) is 0 Å². The van der Waals surface area contributed by atoms with Crippen LogP contribution in [0.2, 0.25) is 0 Å². The predicted molar refractivity (Wildman–Crippen MR) is 139 cm³/mol. The summed E-state index contributed by atoms with van der Waals surface area (Å²) >= 11 is 1.64. The van der Waals surface area contributed by atoms with E-state index in [2.05, 4.69) is 64.0 Å². The van der Waals surface area contributed by atoms with Crippen molar-refractivity contribution in [2.24, 2.45) is 0 Å². The third kappa shape index (κ3) is 5.25. The van der Waals surface area contributed by atoms with Gasteiger partial charge in [0.05, 0.1) is 16.3 Å². The standard InChI is InChI=1S/C28H34FN3O2S/c1-27(2,3)20-14-18(15-21(23(20)33)28(4,5)6)22-16-35-25(31-22)17-9-12-32(13-10-17)26(34)19-8-7-11-30-24(19)29/h7-8,11,14-17,33H,9-10,12-13H2,1-6H3. The second kappa shape index (κ2) is 9.34. The van der Waals surface area contributed by atoms with Crippen LogP contribution in [0.5, 0.6) is 5.75 Å². The Balaban J connectivity index is 1.55. The molecular formula is C28H34FN3O2S. The number of phenolic OH excluding ortho intramolecular Hbond substituents is 1. The number of phenols is 1. The molecule has 1 aliphatic heterocycles. The van der Waals surface area contributed by atoms with E-state index < -0.39 is 5.95 Å². The molecule has 0 bridgehead atoms. The van der Waals surface area contributed by atoms with Crippen molar-refractivity contribution < 1.29 is 14.3 Å². The Hall–Kier alpha value is -2.80. The summed E-state index contributed by atoms with van der Waals surface area (Å²) < 4.78 is 13.9. The van der Waals surface area contributed by atoms with E-state index in [9.17, 15) is 14.3 Å². The SMILES string of the molecule is CC(C)(C)c1cc(-c2csc(C3CCN(C(=O)c4cccnc4F)CC3)n2)cc(C(C)(C)C)c1O. The first-order valence-electron chi connectivity index (χ1n) is 12.1. The average Bonchev–Trinajstić information content (AvgIpc) is 3.28. The van der Waals surface area contributed by atoms with Gasteiger partial charge in [-0.1, -0.05) is 41.5 Å². The quantitative estimate of drug-likeness (QED) is 0.412. The molecule has 0 atom stereocenters. The second-order valence-electron chi connectivity index (χ2n) is 11.4. The van der Waals surface area contributed by atoms with Gasteiger partial charge in [0.2, 0.25) is 5.95 Å². The summed E-state index contributed by atoms with van der Waals surface area (Å²) in [6, 6.07) is 7.19. The van der Waals surface area contributed by atoms with Crippen LogP contribution in [-0.2, 0) is 10.8 Å². The largest absolute Gasteiger partial charge is 0.507 e. The number of thiazole rings is 1. The molecule has 7 heteroatoms. The van der Waals surface area contributed by atoms with Crippen molar-refractivity contribution in [2.45, 2.75) is 71.1 Å². The number of amides is 1. The van der Waals surface area contributed by atoms with Gasteiger partial charge in [-0.2, -0.15) is 4.39 Å². The number of nitrogens with zero attached hydrogens (tertiary/aromatic N) is 3. The molecule has 1 aromatic carbocycles. The fourth-order valence-electron chi connectivity index (χ4n) is 4.58. The van der Waals surface area contributed by atoms with E-state index in [4.69, 9.17) is 4.98 Å². The fourth-order valence-corrected chi connectivity index (χ4v) is 5.58. The topological polar surface area (TPSA) is 66.3 Å². The highest BCUT2D eigenvalue weighted by atomic mass is 32.1. The number of piperidine rings is 1. The number of halogens is 1. The number of likely N-dealkylation sites (tertiary alicyclic amines) is 1. The number of benzene rings is 1. The average molecular weight is 496 g/mol. The minimum Gasteiger partial charge on any atom is -0.507 e. The van der Waals surface area contributed by atoms with Gasteiger partial charge in [0.25, 0.3) is 5.91 Å². The second-order valence-corrected chi connectivity index (χ2v) is 12.3. The van der Waals surface area contributed by atoms with Crippen molar-refractivity contribution in [1.82, 2.24) is 14.9 Å². The van der Waals surface area contributed by atoms with Crippen molar-refractivity contribution in [3.8, 4) is 17.0 Å². The van der Waals surface area contributed by atoms with Gasteiger partial charge in [-0.3, -0.25) is 4.79 Å². The third-order valence-electron chi connectivity index (χ3n) is 6.66. The van der Waals surface area contributed by atoms with Crippen LogP contribution >= 0.6 is 11.3 Å². The summed E-state index contributed by atoms with van der Waals surface area (Å²) in [6.45, 7) is 13.8. The molecule has 1 amide bonds. The van der Waals surface area contributed by atoms with Crippen LogP contribution in [0, 0.1) is 5.95 Å². The van der Waals surface area contributed by atoms with Crippen molar-refractivity contribution in [2.75, 3.05) is 13.1 Å². The summed E-state index contributed by atoms with van der Waals surface area (Å²) in [7, 11) is 0. The van der Waals surface area contributed by atoms with Crippen LogP contribution < -0.4 is 0 Å². The number of aromatic hydroxyl groups is 1. The Morgan fingerprint density at radius 2 is 1.69 bits per heavy atom. The zero-order chi connectivity index (χ0) is 25.5. The highest BCUT2D eigenvalue weighted by Gasteiger charge is 2.29. The molecule has 0 saturated carbocycles. The highest BCUT2D eigenvalue weighted by molar-refractivity contribution is 7.10. The van der Waals surface area contributed by atoms with Crippen LogP contribution in [0.4, 0.5) is 4.39 Å². The van der Waals surface area contributed by atoms with Crippen LogP contribution in [0.15, 0.2) is 35.8 Å². The van der Waals surface area contributed by atoms with Gasteiger partial charge in [0.1, 0.15) is 5.75 Å². The Kier molecular flexibility index (Phi) is 6.75. The molecule has 3 heterocycles. The molecule has 0 aliphatic carbocycles. The smallest absolute Gasteiger partial charge is 0.258 e. The lowest BCUT2D eigenvalue weighted by Gasteiger charge is -2.31. The molecule has 2 aromatic heterocycles. The lowest BCUT2D eigenvalue weighted by Crippen LogP contribution is -2.38. The normalized spacial score (nSPS) is 15.5. The summed E-state index contributed by atoms with van der Waals surface area (Å²) in [5, 5.41) is 14.2. The van der Waals surface area contributed by atoms with Gasteiger partial charge < -0.3 is 10.0 Å². The summed E-state index contributed by atoms with van der Waals surface area (Å²) in [5.74, 6) is -0.395. The zero-order valence-corrected chi connectivity index (χ0v) is 22.2. The van der Waals surface area contributed by atoms with Crippen molar-refractivity contribution >= 4 is 17.2 Å². The maximum atomic E-state index is 13.9. The zero-order valence-electron chi connectivity index (χ0n) is 21.4. The molecule has 3 aromatic rings. The van der Waals surface area contributed by atoms with E-state index in [-0.39, 0.29) is 28.2 Å². The van der Waals surface area contributed by atoms with E-state index in [0.717, 1.165) is 40.2 Å². The Labute approximate surface area is 211 Å². The number of hydrogen-bond donors (Lipinski definition) is 1. The van der Waals surface area contributed by atoms with Gasteiger partial charge >= 0.3 is 0 Å². The lowest BCUT2D eigenvalue weighted by atomic mass is 9.78. The maximum absolute atomic E-state index is 13.9.